The second-order valence-electron chi connectivity index (χ2n) is 6.23. The number of fused-ring (bicyclic) bond motifs is 1. The highest BCUT2D eigenvalue weighted by molar-refractivity contribution is 7.12. The average molecular weight is 379 g/mol. The molecule has 4 aromatic heterocycles. The van der Waals surface area contributed by atoms with Crippen molar-refractivity contribution >= 4 is 28.4 Å². The second-order valence-corrected chi connectivity index (χ2v) is 7.69. The fourth-order valence-electron chi connectivity index (χ4n) is 2.98. The van der Waals surface area contributed by atoms with E-state index < -0.39 is 5.97 Å². The Morgan fingerprint density at radius 3 is 2.78 bits per heavy atom. The SMILES string of the molecule is Cc1cc(-c2cc(C(=O)OCc3ccccn3)c3c(C)noc3n2)c(C)s1. The van der Waals surface area contributed by atoms with E-state index >= 15 is 0 Å². The number of nitrogens with zero attached hydrogens (tertiary/aromatic N) is 3. The maximum Gasteiger partial charge on any atom is 0.339 e. The van der Waals surface area contributed by atoms with Gasteiger partial charge in [-0.1, -0.05) is 11.2 Å². The molecule has 0 aromatic carbocycles. The zero-order valence-electron chi connectivity index (χ0n) is 15.1. The third-order valence-corrected chi connectivity index (χ3v) is 5.20. The zero-order chi connectivity index (χ0) is 19.0. The first-order valence-electron chi connectivity index (χ1n) is 8.44. The summed E-state index contributed by atoms with van der Waals surface area (Å²) in [7, 11) is 0. The van der Waals surface area contributed by atoms with Crippen molar-refractivity contribution in [3.8, 4) is 11.3 Å². The average Bonchev–Trinajstić information content (AvgIpc) is 3.21. The molecule has 0 saturated heterocycles. The van der Waals surface area contributed by atoms with Gasteiger partial charge in [0, 0.05) is 21.5 Å². The number of carbonyl (C=O) groups is 1. The molecule has 0 bridgehead atoms. The Kier molecular flexibility index (Phi) is 4.45. The largest absolute Gasteiger partial charge is 0.456 e. The van der Waals surface area contributed by atoms with Crippen molar-refractivity contribution in [3.05, 3.63) is 63.2 Å². The molecule has 0 aliphatic carbocycles. The minimum absolute atomic E-state index is 0.0970. The molecule has 0 atom stereocenters. The van der Waals surface area contributed by atoms with Crippen LogP contribution < -0.4 is 0 Å². The molecule has 0 aliphatic heterocycles. The molecule has 4 rings (SSSR count). The normalized spacial score (nSPS) is 11.1. The van der Waals surface area contributed by atoms with Gasteiger partial charge in [0.1, 0.15) is 6.61 Å². The smallest absolute Gasteiger partial charge is 0.339 e. The number of carbonyl (C=O) groups excluding carboxylic acids is 1. The van der Waals surface area contributed by atoms with Gasteiger partial charge < -0.3 is 9.26 Å². The molecule has 7 heteroatoms. The molecule has 0 saturated carbocycles. The number of esters is 1. The van der Waals surface area contributed by atoms with Gasteiger partial charge in [0.25, 0.3) is 5.71 Å². The molecule has 0 N–H and O–H groups in total. The highest BCUT2D eigenvalue weighted by Crippen LogP contribution is 2.33. The fourth-order valence-corrected chi connectivity index (χ4v) is 3.91. The van der Waals surface area contributed by atoms with Gasteiger partial charge in [-0.15, -0.1) is 11.3 Å². The molecule has 4 aromatic rings. The Morgan fingerprint density at radius 2 is 2.07 bits per heavy atom. The van der Waals surface area contributed by atoms with Gasteiger partial charge in [-0.2, -0.15) is 0 Å². The lowest BCUT2D eigenvalue weighted by molar-refractivity contribution is 0.0470. The first kappa shape index (κ1) is 17.4. The van der Waals surface area contributed by atoms with Crippen molar-refractivity contribution < 1.29 is 14.1 Å². The van der Waals surface area contributed by atoms with E-state index in [1.54, 1.807) is 30.5 Å². The van der Waals surface area contributed by atoms with E-state index in [0.29, 0.717) is 33.7 Å². The minimum atomic E-state index is -0.454. The summed E-state index contributed by atoms with van der Waals surface area (Å²) in [4.78, 5) is 23.9. The van der Waals surface area contributed by atoms with Crippen molar-refractivity contribution in [1.29, 1.82) is 0 Å². The fraction of sp³-hybridized carbons (Fsp3) is 0.200. The maximum absolute atomic E-state index is 12.8. The Hall–Kier alpha value is -3.06. The molecule has 0 fully saturated rings. The number of hydrogen-bond acceptors (Lipinski definition) is 7. The van der Waals surface area contributed by atoms with E-state index in [9.17, 15) is 4.79 Å². The minimum Gasteiger partial charge on any atom is -0.456 e. The molecule has 0 radical (unpaired) electrons. The first-order chi connectivity index (χ1) is 13.0. The Bertz CT molecular complexity index is 1130. The molecule has 0 unspecified atom stereocenters. The van der Waals surface area contributed by atoms with E-state index in [2.05, 4.69) is 21.2 Å². The number of hydrogen-bond donors (Lipinski definition) is 0. The van der Waals surface area contributed by atoms with Crippen LogP contribution in [0.15, 0.2) is 41.1 Å². The van der Waals surface area contributed by atoms with Crippen molar-refractivity contribution in [3.63, 3.8) is 0 Å². The van der Waals surface area contributed by atoms with E-state index in [1.807, 2.05) is 32.0 Å². The van der Waals surface area contributed by atoms with Crippen LogP contribution in [0.2, 0.25) is 0 Å². The van der Waals surface area contributed by atoms with Crippen molar-refractivity contribution in [2.75, 3.05) is 0 Å². The van der Waals surface area contributed by atoms with Crippen LogP contribution in [0, 0.1) is 20.8 Å². The van der Waals surface area contributed by atoms with Gasteiger partial charge in [0.2, 0.25) is 0 Å². The van der Waals surface area contributed by atoms with Crippen molar-refractivity contribution in [2.45, 2.75) is 27.4 Å². The van der Waals surface area contributed by atoms with Crippen molar-refractivity contribution in [2.24, 2.45) is 0 Å². The number of aryl methyl sites for hydroxylation is 3. The quantitative estimate of drug-likeness (QED) is 0.481. The Morgan fingerprint density at radius 1 is 1.22 bits per heavy atom. The predicted molar refractivity (Wildman–Crippen MR) is 103 cm³/mol. The molecule has 27 heavy (non-hydrogen) atoms. The number of aromatic nitrogens is 3. The number of pyridine rings is 2. The third kappa shape index (κ3) is 3.33. The summed E-state index contributed by atoms with van der Waals surface area (Å²) in [5.74, 6) is -0.454. The van der Waals surface area contributed by atoms with Crippen LogP contribution in [0.4, 0.5) is 0 Å². The maximum atomic E-state index is 12.8. The molecule has 4 heterocycles. The zero-order valence-corrected chi connectivity index (χ0v) is 16.0. The molecule has 0 aliphatic rings. The van der Waals surface area contributed by atoms with Crippen LogP contribution in [0.25, 0.3) is 22.4 Å². The van der Waals surface area contributed by atoms with Gasteiger partial charge in [-0.25, -0.2) is 9.78 Å². The Labute approximate surface area is 159 Å². The molecular formula is C20H17N3O3S. The summed E-state index contributed by atoms with van der Waals surface area (Å²) in [5.41, 5.74) is 3.67. The van der Waals surface area contributed by atoms with E-state index in [-0.39, 0.29) is 6.61 Å². The molecule has 0 amide bonds. The summed E-state index contributed by atoms with van der Waals surface area (Å²) in [6.45, 7) is 5.95. The van der Waals surface area contributed by atoms with Crippen LogP contribution in [0.3, 0.4) is 0 Å². The van der Waals surface area contributed by atoms with Gasteiger partial charge in [-0.3, -0.25) is 4.98 Å². The lowest BCUT2D eigenvalue weighted by Crippen LogP contribution is -2.08. The summed E-state index contributed by atoms with van der Waals surface area (Å²) >= 11 is 1.69. The highest BCUT2D eigenvalue weighted by atomic mass is 32.1. The van der Waals surface area contributed by atoms with E-state index in [1.165, 1.54) is 4.88 Å². The summed E-state index contributed by atoms with van der Waals surface area (Å²) < 4.78 is 10.8. The van der Waals surface area contributed by atoms with Crippen LogP contribution >= 0.6 is 11.3 Å². The van der Waals surface area contributed by atoms with Crippen LogP contribution in [0.1, 0.15) is 31.5 Å². The lowest BCUT2D eigenvalue weighted by Gasteiger charge is -2.07. The first-order valence-corrected chi connectivity index (χ1v) is 9.26. The topological polar surface area (TPSA) is 78.1 Å². The molecule has 6 nitrogen and oxygen atoms in total. The predicted octanol–water partition coefficient (Wildman–Crippen LogP) is 4.63. The molecule has 0 spiro atoms. The summed E-state index contributed by atoms with van der Waals surface area (Å²) in [6, 6.07) is 9.28. The second kappa shape index (κ2) is 6.92. The molecule has 136 valence electrons. The van der Waals surface area contributed by atoms with Crippen LogP contribution in [-0.4, -0.2) is 21.1 Å². The van der Waals surface area contributed by atoms with Gasteiger partial charge in [-0.05, 0) is 45.0 Å². The number of rotatable bonds is 4. The summed E-state index contributed by atoms with van der Waals surface area (Å²) in [5, 5.41) is 4.54. The highest BCUT2D eigenvalue weighted by Gasteiger charge is 2.21. The molecular weight excluding hydrogens is 362 g/mol. The standard InChI is InChI=1S/C20H17N3O3S/c1-11-8-15(13(3)27-11)17-9-16(18-12(2)23-26-19(18)22-17)20(24)25-10-14-6-4-5-7-21-14/h4-9H,10H2,1-3H3. The van der Waals surface area contributed by atoms with E-state index in [4.69, 9.17) is 9.26 Å². The van der Waals surface area contributed by atoms with Crippen LogP contribution in [-0.2, 0) is 11.3 Å². The third-order valence-electron chi connectivity index (χ3n) is 4.23. The number of ether oxygens (including phenoxy) is 1. The van der Waals surface area contributed by atoms with Gasteiger partial charge in [0.05, 0.1) is 28.0 Å². The van der Waals surface area contributed by atoms with E-state index in [0.717, 1.165) is 10.4 Å². The van der Waals surface area contributed by atoms with Crippen molar-refractivity contribution in [1.82, 2.24) is 15.1 Å². The summed E-state index contributed by atoms with van der Waals surface area (Å²) in [6.07, 6.45) is 1.66. The van der Waals surface area contributed by atoms with Gasteiger partial charge in [0.15, 0.2) is 0 Å². The van der Waals surface area contributed by atoms with Crippen LogP contribution in [0.5, 0.6) is 0 Å². The lowest BCUT2D eigenvalue weighted by atomic mass is 10.1. The monoisotopic (exact) mass is 379 g/mol. The van der Waals surface area contributed by atoms with Gasteiger partial charge >= 0.3 is 5.97 Å². The Balaban J connectivity index is 1.75. The number of thiophene rings is 1.